The molecular formula is C33H35N3O5S. The van der Waals surface area contributed by atoms with E-state index in [9.17, 15) is 18.0 Å². The molecule has 5 rings (SSSR count). The first-order chi connectivity index (χ1) is 20.4. The topological polar surface area (TPSA) is 109 Å². The fourth-order valence-corrected chi connectivity index (χ4v) is 6.06. The molecule has 1 aliphatic rings. The Morgan fingerprint density at radius 1 is 0.833 bits per heavy atom. The number of aryl methyl sites for hydroxylation is 1. The van der Waals surface area contributed by atoms with Gasteiger partial charge in [-0.3, -0.25) is 9.59 Å². The van der Waals surface area contributed by atoms with Gasteiger partial charge >= 0.3 is 0 Å². The highest BCUT2D eigenvalue weighted by atomic mass is 32.2. The Morgan fingerprint density at radius 2 is 1.50 bits per heavy atom. The minimum Gasteiger partial charge on any atom is -0.467 e. The number of sulfonamides is 1. The van der Waals surface area contributed by atoms with Crippen molar-refractivity contribution >= 4 is 21.8 Å². The van der Waals surface area contributed by atoms with Crippen LogP contribution in [0.2, 0.25) is 0 Å². The Hall–Kier alpha value is -4.21. The predicted molar refractivity (Wildman–Crippen MR) is 160 cm³/mol. The number of amides is 2. The fraction of sp³-hybridized carbons (Fsp3) is 0.273. The van der Waals surface area contributed by atoms with Crippen LogP contribution in [-0.2, 0) is 45.5 Å². The molecule has 0 bridgehead atoms. The highest BCUT2D eigenvalue weighted by Gasteiger charge is 2.31. The third kappa shape index (κ3) is 8.18. The number of benzene rings is 3. The van der Waals surface area contributed by atoms with E-state index >= 15 is 0 Å². The van der Waals surface area contributed by atoms with Crippen molar-refractivity contribution in [2.75, 3.05) is 0 Å². The Bertz CT molecular complexity index is 1550. The van der Waals surface area contributed by atoms with Crippen LogP contribution in [-0.4, -0.2) is 37.2 Å². The van der Waals surface area contributed by atoms with Crippen LogP contribution < -0.4 is 10.0 Å². The summed E-state index contributed by atoms with van der Waals surface area (Å²) >= 11 is 0. The first kappa shape index (κ1) is 29.3. The van der Waals surface area contributed by atoms with Crippen molar-refractivity contribution in [2.45, 2.75) is 62.2 Å². The van der Waals surface area contributed by atoms with E-state index in [2.05, 4.69) is 10.0 Å². The fourth-order valence-electron chi connectivity index (χ4n) is 4.76. The maximum Gasteiger partial charge on any atom is 0.243 e. The second-order valence-corrected chi connectivity index (χ2v) is 12.3. The predicted octanol–water partition coefficient (Wildman–Crippen LogP) is 4.61. The zero-order chi connectivity index (χ0) is 29.4. The molecule has 0 radical (unpaired) electrons. The Morgan fingerprint density at radius 3 is 2.12 bits per heavy atom. The van der Waals surface area contributed by atoms with Gasteiger partial charge in [-0.05, 0) is 60.2 Å². The monoisotopic (exact) mass is 585 g/mol. The minimum atomic E-state index is -3.54. The van der Waals surface area contributed by atoms with Crippen LogP contribution in [0.5, 0.6) is 0 Å². The molecule has 0 unspecified atom stereocenters. The highest BCUT2D eigenvalue weighted by molar-refractivity contribution is 7.89. The molecule has 0 spiro atoms. The Labute approximate surface area is 246 Å². The smallest absolute Gasteiger partial charge is 0.243 e. The van der Waals surface area contributed by atoms with Crippen molar-refractivity contribution in [2.24, 2.45) is 0 Å². The lowest BCUT2D eigenvalue weighted by molar-refractivity contribution is -0.141. The number of furan rings is 1. The first-order valence-electron chi connectivity index (χ1n) is 14.2. The van der Waals surface area contributed by atoms with Crippen LogP contribution in [0.15, 0.2) is 113 Å². The van der Waals surface area contributed by atoms with Crippen LogP contribution in [0.1, 0.15) is 41.7 Å². The Balaban J connectivity index is 1.34. The molecule has 4 aromatic rings. The lowest BCUT2D eigenvalue weighted by Crippen LogP contribution is -2.50. The SMILES string of the molecule is O=C(NCc1ccco1)[C@@H](Cc1ccccc1)N(Cc1ccccc1)C(=O)CCc1ccc(S(=O)(=O)NC2CC2)cc1. The number of hydrogen-bond donors (Lipinski definition) is 2. The van der Waals surface area contributed by atoms with Gasteiger partial charge in [0, 0.05) is 25.4 Å². The van der Waals surface area contributed by atoms with E-state index in [1.54, 1.807) is 47.6 Å². The van der Waals surface area contributed by atoms with E-state index in [4.69, 9.17) is 4.42 Å². The molecule has 2 N–H and O–H groups in total. The van der Waals surface area contributed by atoms with Gasteiger partial charge in [0.05, 0.1) is 17.7 Å². The van der Waals surface area contributed by atoms with Gasteiger partial charge in [0.25, 0.3) is 0 Å². The molecule has 1 aromatic heterocycles. The third-order valence-electron chi connectivity index (χ3n) is 7.24. The molecule has 8 nitrogen and oxygen atoms in total. The second kappa shape index (κ2) is 13.6. The molecule has 1 atom stereocenters. The highest BCUT2D eigenvalue weighted by Crippen LogP contribution is 2.23. The summed E-state index contributed by atoms with van der Waals surface area (Å²) in [6.07, 6.45) is 4.21. The van der Waals surface area contributed by atoms with Crippen molar-refractivity contribution in [1.29, 1.82) is 0 Å². The van der Waals surface area contributed by atoms with Gasteiger partial charge < -0.3 is 14.6 Å². The van der Waals surface area contributed by atoms with Crippen molar-refractivity contribution in [3.05, 3.63) is 126 Å². The summed E-state index contributed by atoms with van der Waals surface area (Å²) in [4.78, 5) is 29.4. The molecule has 2 amide bonds. The minimum absolute atomic E-state index is 0.0306. The lowest BCUT2D eigenvalue weighted by atomic mass is 10.0. The molecule has 1 fully saturated rings. The van der Waals surface area contributed by atoms with Crippen molar-refractivity contribution < 1.29 is 22.4 Å². The molecule has 9 heteroatoms. The second-order valence-electron chi connectivity index (χ2n) is 10.5. The number of rotatable bonds is 14. The van der Waals surface area contributed by atoms with E-state index in [0.717, 1.165) is 29.5 Å². The number of carbonyl (C=O) groups is 2. The van der Waals surface area contributed by atoms with Crippen molar-refractivity contribution in [3.8, 4) is 0 Å². The van der Waals surface area contributed by atoms with Gasteiger partial charge in [-0.1, -0.05) is 72.8 Å². The summed E-state index contributed by atoms with van der Waals surface area (Å²) in [7, 11) is -3.54. The quantitative estimate of drug-likeness (QED) is 0.225. The van der Waals surface area contributed by atoms with Gasteiger partial charge in [0.15, 0.2) is 0 Å². The van der Waals surface area contributed by atoms with Crippen LogP contribution in [0, 0.1) is 0 Å². The van der Waals surface area contributed by atoms with Gasteiger partial charge in [0.2, 0.25) is 21.8 Å². The summed E-state index contributed by atoms with van der Waals surface area (Å²) in [6, 6.07) is 28.7. The molecule has 1 aliphatic carbocycles. The normalized spacial score (nSPS) is 13.8. The molecule has 0 saturated heterocycles. The first-order valence-corrected chi connectivity index (χ1v) is 15.6. The average Bonchev–Trinajstić information content (AvgIpc) is 3.65. The Kier molecular flexibility index (Phi) is 9.51. The van der Waals surface area contributed by atoms with E-state index < -0.39 is 16.1 Å². The van der Waals surface area contributed by atoms with Gasteiger partial charge in [-0.25, -0.2) is 13.1 Å². The zero-order valence-electron chi connectivity index (χ0n) is 23.3. The number of carbonyl (C=O) groups excluding carboxylic acids is 2. The van der Waals surface area contributed by atoms with E-state index in [1.807, 2.05) is 60.7 Å². The van der Waals surface area contributed by atoms with Gasteiger partial charge in [0.1, 0.15) is 11.8 Å². The maximum absolute atomic E-state index is 13.9. The summed E-state index contributed by atoms with van der Waals surface area (Å²) in [5.41, 5.74) is 2.70. The van der Waals surface area contributed by atoms with Crippen molar-refractivity contribution in [1.82, 2.24) is 14.9 Å². The third-order valence-corrected chi connectivity index (χ3v) is 8.78. The van der Waals surface area contributed by atoms with Gasteiger partial charge in [-0.2, -0.15) is 0 Å². The lowest BCUT2D eigenvalue weighted by Gasteiger charge is -2.31. The van der Waals surface area contributed by atoms with Crippen molar-refractivity contribution in [3.63, 3.8) is 0 Å². The zero-order valence-corrected chi connectivity index (χ0v) is 24.1. The largest absolute Gasteiger partial charge is 0.467 e. The number of nitrogens with zero attached hydrogens (tertiary/aromatic N) is 1. The van der Waals surface area contributed by atoms with E-state index in [1.165, 1.54) is 0 Å². The summed E-state index contributed by atoms with van der Waals surface area (Å²) in [6.45, 7) is 0.491. The van der Waals surface area contributed by atoms with Crippen LogP contribution in [0.3, 0.4) is 0 Å². The summed E-state index contributed by atoms with van der Waals surface area (Å²) < 4.78 is 33.1. The molecule has 1 heterocycles. The summed E-state index contributed by atoms with van der Waals surface area (Å²) in [5, 5.41) is 2.95. The molecule has 0 aliphatic heterocycles. The molecular weight excluding hydrogens is 550 g/mol. The van der Waals surface area contributed by atoms with Crippen LogP contribution in [0.4, 0.5) is 0 Å². The molecule has 218 valence electrons. The van der Waals surface area contributed by atoms with Crippen LogP contribution in [0.25, 0.3) is 0 Å². The maximum atomic E-state index is 13.9. The summed E-state index contributed by atoms with van der Waals surface area (Å²) in [5.74, 6) is 0.192. The molecule has 42 heavy (non-hydrogen) atoms. The molecule has 3 aromatic carbocycles. The molecule has 1 saturated carbocycles. The van der Waals surface area contributed by atoms with E-state index in [-0.39, 0.29) is 42.3 Å². The number of hydrogen-bond acceptors (Lipinski definition) is 5. The standard InChI is InChI=1S/C33H35N3O5S/c37-32(20-15-25-13-18-30(19-14-25)42(39,40)35-28-16-17-28)36(24-27-10-5-2-6-11-27)31(22-26-8-3-1-4-9-26)33(38)34-23-29-12-7-21-41-29/h1-14,18-19,21,28,31,35H,15-17,20,22-24H2,(H,34,38)/t31-/m1/s1. The number of nitrogens with one attached hydrogen (secondary N) is 2. The average molecular weight is 586 g/mol. The van der Waals surface area contributed by atoms with Crippen LogP contribution >= 0.6 is 0 Å². The van der Waals surface area contributed by atoms with Gasteiger partial charge in [-0.15, -0.1) is 0 Å². The van der Waals surface area contributed by atoms with E-state index in [0.29, 0.717) is 18.6 Å².